The first-order valence-electron chi connectivity index (χ1n) is 5.72. The summed E-state index contributed by atoms with van der Waals surface area (Å²) in [5, 5.41) is 9.39. The summed E-state index contributed by atoms with van der Waals surface area (Å²) in [6.45, 7) is 0. The molecule has 0 aromatic heterocycles. The van der Waals surface area contributed by atoms with Gasteiger partial charge in [-0.25, -0.2) is 4.79 Å². The number of hydrogen-bond acceptors (Lipinski definition) is 4. The third-order valence-electron chi connectivity index (χ3n) is 2.93. The van der Waals surface area contributed by atoms with Crippen LogP contribution >= 0.6 is 0 Å². The molecule has 0 radical (unpaired) electrons. The Hall–Kier alpha value is -1.55. The fourth-order valence-corrected chi connectivity index (χ4v) is 2.00. The molecule has 0 heterocycles. The highest BCUT2D eigenvalue weighted by atomic mass is 16.5. The van der Waals surface area contributed by atoms with Crippen molar-refractivity contribution in [2.45, 2.75) is 31.5 Å². The molecule has 1 aromatic rings. The Bertz CT molecular complexity index is 385. The van der Waals surface area contributed by atoms with Gasteiger partial charge < -0.3 is 14.6 Å². The molecule has 1 saturated carbocycles. The van der Waals surface area contributed by atoms with Crippen LogP contribution in [0.15, 0.2) is 24.3 Å². The molecule has 1 aromatic carbocycles. The Kier molecular flexibility index (Phi) is 3.64. The van der Waals surface area contributed by atoms with Gasteiger partial charge in [0.05, 0.1) is 18.8 Å². The smallest absolute Gasteiger partial charge is 0.337 e. The maximum absolute atomic E-state index is 11.2. The number of benzene rings is 1. The fraction of sp³-hybridized carbons (Fsp3) is 0.462. The van der Waals surface area contributed by atoms with Gasteiger partial charge in [0, 0.05) is 6.42 Å². The second-order valence-corrected chi connectivity index (χ2v) is 4.22. The summed E-state index contributed by atoms with van der Waals surface area (Å²) < 4.78 is 10.3. The summed E-state index contributed by atoms with van der Waals surface area (Å²) in [5.41, 5.74) is 0.506. The number of hydrogen-bond donors (Lipinski definition) is 1. The van der Waals surface area contributed by atoms with Gasteiger partial charge in [-0.2, -0.15) is 0 Å². The Balaban J connectivity index is 1.96. The van der Waals surface area contributed by atoms with Gasteiger partial charge in [0.2, 0.25) is 0 Å². The SMILES string of the molecule is COC(=O)c1ccc(OC2CCC(O)C2)cc1. The first-order chi connectivity index (χ1) is 8.19. The zero-order valence-electron chi connectivity index (χ0n) is 9.76. The molecule has 2 unspecified atom stereocenters. The zero-order chi connectivity index (χ0) is 12.3. The van der Waals surface area contributed by atoms with Gasteiger partial charge in [0.15, 0.2) is 0 Å². The molecule has 0 bridgehead atoms. The van der Waals surface area contributed by atoms with Gasteiger partial charge in [-0.05, 0) is 37.1 Å². The largest absolute Gasteiger partial charge is 0.490 e. The Morgan fingerprint density at radius 3 is 2.53 bits per heavy atom. The van der Waals surface area contributed by atoms with E-state index in [2.05, 4.69) is 4.74 Å². The number of carbonyl (C=O) groups excluding carboxylic acids is 1. The van der Waals surface area contributed by atoms with Crippen molar-refractivity contribution in [3.63, 3.8) is 0 Å². The van der Waals surface area contributed by atoms with Crippen LogP contribution in [0, 0.1) is 0 Å². The van der Waals surface area contributed by atoms with Crippen molar-refractivity contribution in [3.05, 3.63) is 29.8 Å². The molecule has 17 heavy (non-hydrogen) atoms. The number of ether oxygens (including phenoxy) is 2. The summed E-state index contributed by atoms with van der Waals surface area (Å²) in [4.78, 5) is 11.2. The van der Waals surface area contributed by atoms with Crippen molar-refractivity contribution < 1.29 is 19.4 Å². The van der Waals surface area contributed by atoms with E-state index in [4.69, 9.17) is 4.74 Å². The molecule has 1 fully saturated rings. The highest BCUT2D eigenvalue weighted by Gasteiger charge is 2.24. The van der Waals surface area contributed by atoms with Gasteiger partial charge in [-0.3, -0.25) is 0 Å². The molecule has 0 amide bonds. The highest BCUT2D eigenvalue weighted by molar-refractivity contribution is 5.89. The van der Waals surface area contributed by atoms with Crippen molar-refractivity contribution in [3.8, 4) is 5.75 Å². The van der Waals surface area contributed by atoms with Crippen molar-refractivity contribution >= 4 is 5.97 Å². The molecule has 1 N–H and O–H groups in total. The van der Waals surface area contributed by atoms with Crippen LogP contribution in [0.1, 0.15) is 29.6 Å². The molecule has 0 saturated heterocycles. The second-order valence-electron chi connectivity index (χ2n) is 4.22. The van der Waals surface area contributed by atoms with E-state index in [9.17, 15) is 9.90 Å². The number of carbonyl (C=O) groups is 1. The molecule has 92 valence electrons. The third-order valence-corrected chi connectivity index (χ3v) is 2.93. The highest BCUT2D eigenvalue weighted by Crippen LogP contribution is 2.24. The van der Waals surface area contributed by atoms with Crippen molar-refractivity contribution in [2.75, 3.05) is 7.11 Å². The van der Waals surface area contributed by atoms with E-state index >= 15 is 0 Å². The lowest BCUT2D eigenvalue weighted by molar-refractivity contribution is 0.0600. The molecule has 4 nitrogen and oxygen atoms in total. The van der Waals surface area contributed by atoms with E-state index in [1.807, 2.05) is 0 Å². The summed E-state index contributed by atoms with van der Waals surface area (Å²) in [5.74, 6) is 0.365. The van der Waals surface area contributed by atoms with Crippen LogP contribution in [-0.4, -0.2) is 30.4 Å². The molecule has 0 aliphatic heterocycles. The van der Waals surface area contributed by atoms with Gasteiger partial charge in [-0.15, -0.1) is 0 Å². The Morgan fingerprint density at radius 2 is 2.00 bits per heavy atom. The quantitative estimate of drug-likeness (QED) is 0.812. The Morgan fingerprint density at radius 1 is 1.29 bits per heavy atom. The van der Waals surface area contributed by atoms with Crippen LogP contribution in [-0.2, 0) is 4.74 Å². The van der Waals surface area contributed by atoms with E-state index in [0.717, 1.165) is 18.6 Å². The van der Waals surface area contributed by atoms with Crippen LogP contribution in [0.2, 0.25) is 0 Å². The third kappa shape index (κ3) is 2.97. The lowest BCUT2D eigenvalue weighted by atomic mass is 10.2. The molecule has 2 rings (SSSR count). The minimum atomic E-state index is -0.354. The first-order valence-corrected chi connectivity index (χ1v) is 5.72. The standard InChI is InChI=1S/C13H16O4/c1-16-13(15)9-2-5-11(6-3-9)17-12-7-4-10(14)8-12/h2-3,5-6,10,12,14H,4,7-8H2,1H3. The van der Waals surface area contributed by atoms with Crippen molar-refractivity contribution in [1.82, 2.24) is 0 Å². The molecule has 0 spiro atoms. The summed E-state index contributed by atoms with van der Waals surface area (Å²) >= 11 is 0. The lowest BCUT2D eigenvalue weighted by Gasteiger charge is -2.13. The molecule has 4 heteroatoms. The first kappa shape index (κ1) is 11.9. The predicted octanol–water partition coefficient (Wildman–Crippen LogP) is 1.77. The lowest BCUT2D eigenvalue weighted by Crippen LogP contribution is -2.13. The van der Waals surface area contributed by atoms with E-state index in [1.54, 1.807) is 24.3 Å². The maximum Gasteiger partial charge on any atom is 0.337 e. The van der Waals surface area contributed by atoms with Crippen LogP contribution in [0.3, 0.4) is 0 Å². The number of methoxy groups -OCH3 is 1. The van der Waals surface area contributed by atoms with Gasteiger partial charge in [-0.1, -0.05) is 0 Å². The van der Waals surface area contributed by atoms with E-state index < -0.39 is 0 Å². The van der Waals surface area contributed by atoms with Gasteiger partial charge in [0.1, 0.15) is 11.9 Å². The normalized spacial score (nSPS) is 23.4. The average Bonchev–Trinajstić information content (AvgIpc) is 2.75. The molecular formula is C13H16O4. The maximum atomic E-state index is 11.2. The number of aliphatic hydroxyl groups excluding tert-OH is 1. The van der Waals surface area contributed by atoms with E-state index in [0.29, 0.717) is 12.0 Å². The second kappa shape index (κ2) is 5.19. The topological polar surface area (TPSA) is 55.8 Å². The minimum Gasteiger partial charge on any atom is -0.490 e. The van der Waals surface area contributed by atoms with Crippen molar-refractivity contribution in [2.24, 2.45) is 0 Å². The van der Waals surface area contributed by atoms with Crippen LogP contribution in [0.4, 0.5) is 0 Å². The van der Waals surface area contributed by atoms with E-state index in [1.165, 1.54) is 7.11 Å². The molecule has 2 atom stereocenters. The Labute approximate surface area is 100 Å². The fourth-order valence-electron chi connectivity index (χ4n) is 2.00. The number of esters is 1. The predicted molar refractivity (Wildman–Crippen MR) is 62.1 cm³/mol. The number of rotatable bonds is 3. The monoisotopic (exact) mass is 236 g/mol. The number of aliphatic hydroxyl groups is 1. The van der Waals surface area contributed by atoms with Crippen LogP contribution < -0.4 is 4.74 Å². The van der Waals surface area contributed by atoms with Crippen LogP contribution in [0.5, 0.6) is 5.75 Å². The molecule has 1 aliphatic carbocycles. The molecule has 1 aliphatic rings. The zero-order valence-corrected chi connectivity index (χ0v) is 9.76. The molecular weight excluding hydrogens is 220 g/mol. The van der Waals surface area contributed by atoms with Gasteiger partial charge >= 0.3 is 5.97 Å². The van der Waals surface area contributed by atoms with Gasteiger partial charge in [0.25, 0.3) is 0 Å². The van der Waals surface area contributed by atoms with E-state index in [-0.39, 0.29) is 18.2 Å². The van der Waals surface area contributed by atoms with Crippen molar-refractivity contribution in [1.29, 1.82) is 0 Å². The summed E-state index contributed by atoms with van der Waals surface area (Å²) in [6, 6.07) is 6.84. The summed E-state index contributed by atoms with van der Waals surface area (Å²) in [7, 11) is 1.35. The minimum absolute atomic E-state index is 0.0778. The van der Waals surface area contributed by atoms with Crippen LogP contribution in [0.25, 0.3) is 0 Å². The average molecular weight is 236 g/mol. The summed E-state index contributed by atoms with van der Waals surface area (Å²) in [6.07, 6.45) is 2.19.